The van der Waals surface area contributed by atoms with Crippen molar-refractivity contribution in [3.05, 3.63) is 59.1 Å². The molecule has 0 bridgehead atoms. The lowest BCUT2D eigenvalue weighted by atomic mass is 10.2. The van der Waals surface area contributed by atoms with Gasteiger partial charge in [-0.1, -0.05) is 23.7 Å². The highest BCUT2D eigenvalue weighted by Gasteiger charge is 2.01. The average molecular weight is 359 g/mol. The summed E-state index contributed by atoms with van der Waals surface area (Å²) in [5.41, 5.74) is 5.44. The molecule has 132 valence electrons. The van der Waals surface area contributed by atoms with Crippen LogP contribution in [0.1, 0.15) is 19.4 Å². The summed E-state index contributed by atoms with van der Waals surface area (Å²) in [5.74, 6) is -0.217. The molecule has 0 spiro atoms. The van der Waals surface area contributed by atoms with Crippen molar-refractivity contribution >= 4 is 35.1 Å². The number of nitrogens with one attached hydrogen (secondary N) is 2. The van der Waals surface area contributed by atoms with Gasteiger partial charge < -0.3 is 10.2 Å². The van der Waals surface area contributed by atoms with Gasteiger partial charge in [-0.25, -0.2) is 5.43 Å². The minimum Gasteiger partial charge on any atom is -0.376 e. The Balaban J connectivity index is 1.79. The summed E-state index contributed by atoms with van der Waals surface area (Å²) < 4.78 is 0. The number of hydrazone groups is 1. The Morgan fingerprint density at radius 2 is 1.72 bits per heavy atom. The molecule has 0 heterocycles. The second kappa shape index (κ2) is 9.69. The molecule has 2 N–H and O–H groups in total. The Morgan fingerprint density at radius 3 is 2.32 bits per heavy atom. The second-order valence-corrected chi connectivity index (χ2v) is 5.85. The zero-order valence-corrected chi connectivity index (χ0v) is 15.3. The highest BCUT2D eigenvalue weighted by atomic mass is 35.5. The van der Waals surface area contributed by atoms with E-state index < -0.39 is 0 Å². The molecule has 0 aromatic heterocycles. The van der Waals surface area contributed by atoms with Gasteiger partial charge in [0, 0.05) is 29.5 Å². The highest BCUT2D eigenvalue weighted by molar-refractivity contribution is 6.30. The molecule has 2 rings (SSSR count). The van der Waals surface area contributed by atoms with E-state index in [4.69, 9.17) is 11.6 Å². The van der Waals surface area contributed by atoms with Crippen LogP contribution in [0, 0.1) is 0 Å². The molecular weight excluding hydrogens is 336 g/mol. The normalized spacial score (nSPS) is 10.7. The predicted octanol–water partition coefficient (Wildman–Crippen LogP) is 3.75. The monoisotopic (exact) mass is 358 g/mol. The number of rotatable bonds is 8. The third-order valence-electron chi connectivity index (χ3n) is 3.72. The molecule has 2 aromatic rings. The lowest BCUT2D eigenvalue weighted by Gasteiger charge is -2.20. The van der Waals surface area contributed by atoms with Crippen LogP contribution in [0.5, 0.6) is 0 Å². The number of hydrogen-bond donors (Lipinski definition) is 2. The molecule has 0 radical (unpaired) electrons. The molecule has 6 heteroatoms. The van der Waals surface area contributed by atoms with E-state index in [0.717, 1.165) is 24.3 Å². The van der Waals surface area contributed by atoms with Crippen molar-refractivity contribution < 1.29 is 4.79 Å². The Hall–Kier alpha value is -2.53. The number of anilines is 2. The van der Waals surface area contributed by atoms with Gasteiger partial charge in [0.2, 0.25) is 0 Å². The standard InChI is InChI=1S/C19H23ClN4O/c1-3-24(4-2)18-11-5-15(6-12-18)13-22-23-19(25)14-21-17-9-7-16(20)8-10-17/h5-13,21H,3-4,14H2,1-2H3,(H,23,25). The van der Waals surface area contributed by atoms with Gasteiger partial charge in [-0.05, 0) is 55.8 Å². The van der Waals surface area contributed by atoms with Crippen molar-refractivity contribution in [3.8, 4) is 0 Å². The van der Waals surface area contributed by atoms with E-state index in [2.05, 4.69) is 46.7 Å². The lowest BCUT2D eigenvalue weighted by Crippen LogP contribution is -2.25. The number of halogens is 1. The fourth-order valence-electron chi connectivity index (χ4n) is 2.33. The van der Waals surface area contributed by atoms with Gasteiger partial charge in [0.1, 0.15) is 0 Å². The van der Waals surface area contributed by atoms with Crippen LogP contribution in [0.2, 0.25) is 5.02 Å². The quantitative estimate of drug-likeness (QED) is 0.558. The second-order valence-electron chi connectivity index (χ2n) is 5.42. The van der Waals surface area contributed by atoms with Crippen molar-refractivity contribution in [1.82, 2.24) is 5.43 Å². The van der Waals surface area contributed by atoms with Gasteiger partial charge in [0.25, 0.3) is 5.91 Å². The van der Waals surface area contributed by atoms with Gasteiger partial charge in [0.05, 0.1) is 12.8 Å². The van der Waals surface area contributed by atoms with Gasteiger partial charge in [-0.3, -0.25) is 4.79 Å². The minimum atomic E-state index is -0.217. The first-order valence-electron chi connectivity index (χ1n) is 8.28. The molecular formula is C19H23ClN4O. The zero-order valence-electron chi connectivity index (χ0n) is 14.5. The molecule has 0 aliphatic rings. The molecule has 25 heavy (non-hydrogen) atoms. The Labute approximate surface area is 153 Å². The largest absolute Gasteiger partial charge is 0.376 e. The molecule has 5 nitrogen and oxygen atoms in total. The summed E-state index contributed by atoms with van der Waals surface area (Å²) >= 11 is 5.82. The smallest absolute Gasteiger partial charge is 0.259 e. The molecule has 0 saturated carbocycles. The topological polar surface area (TPSA) is 56.7 Å². The maximum absolute atomic E-state index is 11.8. The van der Waals surface area contributed by atoms with Gasteiger partial charge in [-0.2, -0.15) is 5.10 Å². The number of benzene rings is 2. The summed E-state index contributed by atoms with van der Waals surface area (Å²) in [6.07, 6.45) is 1.63. The fraction of sp³-hybridized carbons (Fsp3) is 0.263. The lowest BCUT2D eigenvalue weighted by molar-refractivity contribution is -0.119. The van der Waals surface area contributed by atoms with Crippen LogP contribution < -0.4 is 15.6 Å². The first-order valence-corrected chi connectivity index (χ1v) is 8.66. The first kappa shape index (κ1) is 18.8. The minimum absolute atomic E-state index is 0.139. The maximum Gasteiger partial charge on any atom is 0.259 e. The van der Waals surface area contributed by atoms with Crippen molar-refractivity contribution in [2.45, 2.75) is 13.8 Å². The summed E-state index contributed by atoms with van der Waals surface area (Å²) in [4.78, 5) is 14.0. The van der Waals surface area contributed by atoms with Crippen LogP contribution in [-0.4, -0.2) is 31.8 Å². The van der Waals surface area contributed by atoms with Crippen LogP contribution in [0.15, 0.2) is 53.6 Å². The van der Waals surface area contributed by atoms with E-state index in [1.807, 2.05) is 24.3 Å². The Kier molecular flexibility index (Phi) is 7.29. The third-order valence-corrected chi connectivity index (χ3v) is 3.97. The van der Waals surface area contributed by atoms with E-state index in [0.29, 0.717) is 5.02 Å². The fourth-order valence-corrected chi connectivity index (χ4v) is 2.45. The molecule has 0 atom stereocenters. The molecule has 1 amide bonds. The third kappa shape index (κ3) is 6.12. The number of carbonyl (C=O) groups is 1. The summed E-state index contributed by atoms with van der Waals surface area (Å²) in [6, 6.07) is 15.2. The van der Waals surface area contributed by atoms with Crippen LogP contribution in [0.25, 0.3) is 0 Å². The van der Waals surface area contributed by atoms with Crippen molar-refractivity contribution in [2.24, 2.45) is 5.10 Å². The molecule has 0 saturated heterocycles. The van der Waals surface area contributed by atoms with Crippen LogP contribution in [0.4, 0.5) is 11.4 Å². The molecule has 0 aliphatic heterocycles. The van der Waals surface area contributed by atoms with Gasteiger partial charge in [-0.15, -0.1) is 0 Å². The molecule has 0 aliphatic carbocycles. The van der Waals surface area contributed by atoms with Gasteiger partial charge in [0.15, 0.2) is 0 Å². The number of hydrogen-bond acceptors (Lipinski definition) is 4. The van der Waals surface area contributed by atoms with E-state index in [1.165, 1.54) is 5.69 Å². The van der Waals surface area contributed by atoms with Crippen molar-refractivity contribution in [3.63, 3.8) is 0 Å². The van der Waals surface area contributed by atoms with Crippen molar-refractivity contribution in [1.29, 1.82) is 0 Å². The van der Waals surface area contributed by atoms with Crippen molar-refractivity contribution in [2.75, 3.05) is 29.9 Å². The first-order chi connectivity index (χ1) is 12.1. The van der Waals surface area contributed by atoms with Gasteiger partial charge >= 0.3 is 0 Å². The van der Waals surface area contributed by atoms with Crippen LogP contribution >= 0.6 is 11.6 Å². The van der Waals surface area contributed by atoms with Crippen LogP contribution in [-0.2, 0) is 4.79 Å². The van der Waals surface area contributed by atoms with E-state index in [1.54, 1.807) is 18.3 Å². The highest BCUT2D eigenvalue weighted by Crippen LogP contribution is 2.14. The Morgan fingerprint density at radius 1 is 1.08 bits per heavy atom. The molecule has 0 unspecified atom stereocenters. The number of nitrogens with zero attached hydrogens (tertiary/aromatic N) is 2. The number of amides is 1. The Bertz CT molecular complexity index is 694. The molecule has 2 aromatic carbocycles. The maximum atomic E-state index is 11.8. The summed E-state index contributed by atoms with van der Waals surface area (Å²) in [6.45, 7) is 6.35. The zero-order chi connectivity index (χ0) is 18.1. The summed E-state index contributed by atoms with van der Waals surface area (Å²) in [5, 5.41) is 7.65. The van der Waals surface area contributed by atoms with E-state index in [-0.39, 0.29) is 12.5 Å². The van der Waals surface area contributed by atoms with E-state index >= 15 is 0 Å². The van der Waals surface area contributed by atoms with Crippen LogP contribution in [0.3, 0.4) is 0 Å². The predicted molar refractivity (Wildman–Crippen MR) is 106 cm³/mol. The molecule has 0 fully saturated rings. The summed E-state index contributed by atoms with van der Waals surface area (Å²) in [7, 11) is 0. The number of carbonyl (C=O) groups excluding carboxylic acids is 1. The SMILES string of the molecule is CCN(CC)c1ccc(C=NNC(=O)CNc2ccc(Cl)cc2)cc1. The van der Waals surface area contributed by atoms with E-state index in [9.17, 15) is 4.79 Å². The average Bonchev–Trinajstić information content (AvgIpc) is 2.63.